The first-order valence-electron chi connectivity index (χ1n) is 9.00. The molecule has 2 aromatic rings. The Bertz CT molecular complexity index is 945. The number of rotatable bonds is 6. The van der Waals surface area contributed by atoms with Crippen molar-refractivity contribution in [1.82, 2.24) is 4.90 Å². The Hall–Kier alpha value is -3.95. The fourth-order valence-corrected chi connectivity index (χ4v) is 3.05. The summed E-state index contributed by atoms with van der Waals surface area (Å²) in [4.78, 5) is 47.3. The summed E-state index contributed by atoms with van der Waals surface area (Å²) in [6, 6.07) is 12.5. The number of carbonyl (C=O) groups is 3. The smallest absolute Gasteiger partial charge is 0.410 e. The third-order valence-electron chi connectivity index (χ3n) is 4.57. The van der Waals surface area contributed by atoms with Crippen LogP contribution in [0.25, 0.3) is 0 Å². The molecule has 10 heteroatoms. The summed E-state index contributed by atoms with van der Waals surface area (Å²) < 4.78 is 10.5. The molecule has 1 saturated heterocycles. The molecule has 1 fully saturated rings. The molecule has 10 nitrogen and oxygen atoms in total. The van der Waals surface area contributed by atoms with Gasteiger partial charge in [-0.2, -0.15) is 0 Å². The van der Waals surface area contributed by atoms with Crippen molar-refractivity contribution in [2.75, 3.05) is 6.54 Å². The maximum Gasteiger partial charge on any atom is 0.410 e. The van der Waals surface area contributed by atoms with E-state index in [1.165, 1.54) is 24.3 Å². The van der Waals surface area contributed by atoms with Crippen LogP contribution in [0.4, 0.5) is 10.5 Å². The lowest BCUT2D eigenvalue weighted by Crippen LogP contribution is -2.40. The highest BCUT2D eigenvalue weighted by Crippen LogP contribution is 2.23. The molecule has 2 atom stereocenters. The summed E-state index contributed by atoms with van der Waals surface area (Å²) in [7, 11) is 0. The second kappa shape index (κ2) is 9.03. The molecule has 1 N–H and O–H groups in total. The van der Waals surface area contributed by atoms with Crippen molar-refractivity contribution in [3.63, 3.8) is 0 Å². The number of hydrogen-bond acceptors (Lipinski definition) is 7. The van der Waals surface area contributed by atoms with Gasteiger partial charge in [0.25, 0.3) is 5.69 Å². The van der Waals surface area contributed by atoms with Gasteiger partial charge in [0.15, 0.2) is 0 Å². The first kappa shape index (κ1) is 20.8. The molecule has 156 valence electrons. The lowest BCUT2D eigenvalue weighted by Gasteiger charge is -2.20. The summed E-state index contributed by atoms with van der Waals surface area (Å²) in [6.45, 7) is -0.303. The zero-order valence-electron chi connectivity index (χ0n) is 15.7. The summed E-state index contributed by atoms with van der Waals surface area (Å²) >= 11 is 0. The van der Waals surface area contributed by atoms with Gasteiger partial charge in [-0.25, -0.2) is 14.4 Å². The van der Waals surface area contributed by atoms with E-state index in [9.17, 15) is 29.6 Å². The molecular weight excluding hydrogens is 396 g/mol. The molecule has 0 aliphatic carbocycles. The summed E-state index contributed by atoms with van der Waals surface area (Å²) in [5.74, 6) is -1.84. The van der Waals surface area contributed by atoms with Crippen LogP contribution in [0.2, 0.25) is 0 Å². The topological polar surface area (TPSA) is 136 Å². The van der Waals surface area contributed by atoms with E-state index in [1.54, 1.807) is 30.3 Å². The number of nitrogens with zero attached hydrogens (tertiary/aromatic N) is 2. The predicted octanol–water partition coefficient (Wildman–Crippen LogP) is 2.62. The zero-order valence-corrected chi connectivity index (χ0v) is 15.7. The predicted molar refractivity (Wildman–Crippen MR) is 102 cm³/mol. The summed E-state index contributed by atoms with van der Waals surface area (Å²) in [5, 5.41) is 20.1. The second-order valence-electron chi connectivity index (χ2n) is 6.61. The minimum Gasteiger partial charge on any atom is -0.480 e. The van der Waals surface area contributed by atoms with Crippen molar-refractivity contribution in [1.29, 1.82) is 0 Å². The fourth-order valence-electron chi connectivity index (χ4n) is 3.05. The third-order valence-corrected chi connectivity index (χ3v) is 4.57. The van der Waals surface area contributed by atoms with Gasteiger partial charge in [0, 0.05) is 18.6 Å². The van der Waals surface area contributed by atoms with E-state index in [0.29, 0.717) is 11.1 Å². The van der Waals surface area contributed by atoms with Gasteiger partial charge in [-0.05, 0) is 29.8 Å². The van der Waals surface area contributed by atoms with E-state index in [0.717, 1.165) is 4.90 Å². The maximum atomic E-state index is 12.4. The van der Waals surface area contributed by atoms with Gasteiger partial charge in [0.05, 0.1) is 17.0 Å². The van der Waals surface area contributed by atoms with Crippen molar-refractivity contribution in [2.45, 2.75) is 25.2 Å². The number of nitro groups is 1. The van der Waals surface area contributed by atoms with Crippen LogP contribution in [-0.2, 0) is 20.9 Å². The first-order valence-corrected chi connectivity index (χ1v) is 9.00. The van der Waals surface area contributed by atoms with E-state index >= 15 is 0 Å². The Morgan fingerprint density at radius 1 is 1.10 bits per heavy atom. The highest BCUT2D eigenvalue weighted by Gasteiger charge is 2.42. The largest absolute Gasteiger partial charge is 0.480 e. The number of nitro benzene ring substituents is 1. The number of likely N-dealkylation sites (tertiary alicyclic amines) is 1. The van der Waals surface area contributed by atoms with Crippen molar-refractivity contribution in [3.8, 4) is 0 Å². The van der Waals surface area contributed by atoms with Crippen molar-refractivity contribution in [3.05, 3.63) is 75.8 Å². The number of carbonyl (C=O) groups excluding carboxylic acids is 2. The molecule has 3 rings (SSSR count). The number of benzene rings is 2. The molecule has 0 radical (unpaired) electrons. The molecule has 1 aliphatic rings. The molecule has 0 aromatic heterocycles. The molecule has 1 heterocycles. The van der Waals surface area contributed by atoms with Crippen molar-refractivity contribution >= 4 is 23.7 Å². The van der Waals surface area contributed by atoms with Crippen molar-refractivity contribution < 1.29 is 33.9 Å². The molecule has 0 spiro atoms. The van der Waals surface area contributed by atoms with Crippen LogP contribution >= 0.6 is 0 Å². The van der Waals surface area contributed by atoms with Crippen molar-refractivity contribution in [2.24, 2.45) is 0 Å². The van der Waals surface area contributed by atoms with E-state index in [1.807, 2.05) is 0 Å². The molecule has 30 heavy (non-hydrogen) atoms. The average molecular weight is 414 g/mol. The molecule has 0 saturated carbocycles. The second-order valence-corrected chi connectivity index (χ2v) is 6.61. The van der Waals surface area contributed by atoms with Crippen LogP contribution < -0.4 is 0 Å². The van der Waals surface area contributed by atoms with Crippen LogP contribution in [0.5, 0.6) is 0 Å². The SMILES string of the molecule is O=C(OC1C[C@@H](C(=O)O)N(C(=O)OCc2ccc([N+](=O)[O-])cc2)C1)c1ccccc1. The lowest BCUT2D eigenvalue weighted by molar-refractivity contribution is -0.384. The van der Waals surface area contributed by atoms with Gasteiger partial charge in [-0.15, -0.1) is 0 Å². The molecule has 1 aliphatic heterocycles. The Morgan fingerprint density at radius 2 is 1.77 bits per heavy atom. The van der Waals surface area contributed by atoms with Crippen LogP contribution in [0.1, 0.15) is 22.3 Å². The Labute approximate surface area is 170 Å². The molecule has 2 aromatic carbocycles. The minimum absolute atomic E-state index is 0.0550. The number of ether oxygens (including phenoxy) is 2. The number of aliphatic carboxylic acids is 1. The molecular formula is C20H18N2O8. The molecule has 1 unspecified atom stereocenters. The van der Waals surface area contributed by atoms with Crippen LogP contribution in [-0.4, -0.2) is 51.7 Å². The number of esters is 1. The van der Waals surface area contributed by atoms with Gasteiger partial charge in [0.2, 0.25) is 0 Å². The third kappa shape index (κ3) is 4.90. The number of carboxylic acid groups (broad SMARTS) is 1. The standard InChI is InChI=1S/C20H18N2O8/c23-18(24)17-10-16(30-19(25)14-4-2-1-3-5-14)11-21(17)20(26)29-12-13-6-8-15(9-7-13)22(27)28/h1-9,16-17H,10-12H2,(H,23,24)/t16?,17-/m0/s1. The minimum atomic E-state index is -1.24. The van der Waals surface area contributed by atoms with Gasteiger partial charge >= 0.3 is 18.0 Å². The van der Waals surface area contributed by atoms with E-state index in [-0.39, 0.29) is 25.3 Å². The highest BCUT2D eigenvalue weighted by molar-refractivity contribution is 5.89. The molecule has 0 bridgehead atoms. The number of hydrogen-bond donors (Lipinski definition) is 1. The number of non-ortho nitro benzene ring substituents is 1. The summed E-state index contributed by atoms with van der Waals surface area (Å²) in [6.07, 6.45) is -1.72. The normalized spacial score (nSPS) is 17.9. The van der Waals surface area contributed by atoms with E-state index in [4.69, 9.17) is 9.47 Å². The molecule has 1 amide bonds. The number of amides is 1. The van der Waals surface area contributed by atoms with E-state index in [2.05, 4.69) is 0 Å². The van der Waals surface area contributed by atoms with E-state index < -0.39 is 35.1 Å². The quantitative estimate of drug-likeness (QED) is 0.433. The van der Waals surface area contributed by atoms with Gasteiger partial charge < -0.3 is 14.6 Å². The highest BCUT2D eigenvalue weighted by atomic mass is 16.6. The zero-order chi connectivity index (χ0) is 21.7. The first-order chi connectivity index (χ1) is 14.3. The van der Waals surface area contributed by atoms with Crippen LogP contribution in [0, 0.1) is 10.1 Å². The Balaban J connectivity index is 1.60. The average Bonchev–Trinajstić information content (AvgIpc) is 3.17. The number of carboxylic acids is 1. The van der Waals surface area contributed by atoms with Gasteiger partial charge in [-0.3, -0.25) is 15.0 Å². The lowest BCUT2D eigenvalue weighted by atomic mass is 10.2. The Kier molecular flexibility index (Phi) is 6.26. The van der Waals surface area contributed by atoms with Gasteiger partial charge in [-0.1, -0.05) is 18.2 Å². The Morgan fingerprint density at radius 3 is 2.37 bits per heavy atom. The van der Waals surface area contributed by atoms with Gasteiger partial charge in [0.1, 0.15) is 18.8 Å². The monoisotopic (exact) mass is 414 g/mol. The summed E-state index contributed by atoms with van der Waals surface area (Å²) in [5.41, 5.74) is 0.731. The van der Waals surface area contributed by atoms with Crippen LogP contribution in [0.3, 0.4) is 0 Å². The fraction of sp³-hybridized carbons (Fsp3) is 0.250. The van der Waals surface area contributed by atoms with Crippen LogP contribution in [0.15, 0.2) is 54.6 Å². The maximum absolute atomic E-state index is 12.4.